The number of para-hydroxylation sites is 1. The Balaban J connectivity index is 2.17. The SMILES string of the molecule is O=S(=O)(NCc1ncon1)c1ccccc1O. The summed E-state index contributed by atoms with van der Waals surface area (Å²) in [5.41, 5.74) is 0. The van der Waals surface area contributed by atoms with E-state index in [1.165, 1.54) is 24.3 Å². The number of aromatic nitrogens is 2. The summed E-state index contributed by atoms with van der Waals surface area (Å²) in [5.74, 6) is -0.0999. The number of hydrogen-bond donors (Lipinski definition) is 2. The molecule has 0 aliphatic carbocycles. The summed E-state index contributed by atoms with van der Waals surface area (Å²) in [6, 6.07) is 5.65. The van der Waals surface area contributed by atoms with Crippen LogP contribution >= 0.6 is 0 Å². The Morgan fingerprint density at radius 1 is 1.35 bits per heavy atom. The third kappa shape index (κ3) is 2.60. The van der Waals surface area contributed by atoms with Gasteiger partial charge in [0.05, 0.1) is 6.54 Å². The van der Waals surface area contributed by atoms with E-state index >= 15 is 0 Å². The lowest BCUT2D eigenvalue weighted by atomic mass is 10.3. The molecule has 0 radical (unpaired) electrons. The van der Waals surface area contributed by atoms with Gasteiger partial charge >= 0.3 is 0 Å². The molecule has 8 heteroatoms. The predicted octanol–water partition coefficient (Wildman–Crippen LogP) is 0.254. The van der Waals surface area contributed by atoms with Gasteiger partial charge in [-0.25, -0.2) is 13.1 Å². The summed E-state index contributed by atoms with van der Waals surface area (Å²) in [5, 5.41) is 12.9. The number of sulfonamides is 1. The van der Waals surface area contributed by atoms with E-state index in [0.717, 1.165) is 6.39 Å². The van der Waals surface area contributed by atoms with Crippen molar-refractivity contribution < 1.29 is 18.0 Å². The van der Waals surface area contributed by atoms with Gasteiger partial charge in [0.2, 0.25) is 16.4 Å². The molecule has 1 heterocycles. The van der Waals surface area contributed by atoms with E-state index in [2.05, 4.69) is 19.4 Å². The van der Waals surface area contributed by atoms with Crippen molar-refractivity contribution in [3.63, 3.8) is 0 Å². The van der Waals surface area contributed by atoms with Gasteiger partial charge in [0.1, 0.15) is 10.6 Å². The van der Waals surface area contributed by atoms with Crippen LogP contribution in [0.4, 0.5) is 0 Å². The molecule has 0 unspecified atom stereocenters. The average molecular weight is 255 g/mol. The van der Waals surface area contributed by atoms with Crippen LogP contribution in [-0.2, 0) is 16.6 Å². The van der Waals surface area contributed by atoms with E-state index in [1.807, 2.05) is 0 Å². The molecular formula is C9H9N3O4S. The Kier molecular flexibility index (Phi) is 3.07. The summed E-state index contributed by atoms with van der Waals surface area (Å²) in [6.45, 7) is -0.104. The molecule has 0 aliphatic heterocycles. The lowest BCUT2D eigenvalue weighted by molar-refractivity contribution is 0.409. The van der Waals surface area contributed by atoms with Crippen molar-refractivity contribution in [2.45, 2.75) is 11.4 Å². The molecular weight excluding hydrogens is 246 g/mol. The summed E-state index contributed by atoms with van der Waals surface area (Å²) < 4.78 is 30.3. The lowest BCUT2D eigenvalue weighted by Gasteiger charge is -2.05. The van der Waals surface area contributed by atoms with Crippen LogP contribution in [0, 0.1) is 0 Å². The summed E-state index contributed by atoms with van der Waals surface area (Å²) in [4.78, 5) is 3.48. The first kappa shape index (κ1) is 11.6. The fraction of sp³-hybridized carbons (Fsp3) is 0.111. The fourth-order valence-electron chi connectivity index (χ4n) is 1.19. The normalized spacial score (nSPS) is 11.5. The Bertz CT molecular complexity index is 594. The van der Waals surface area contributed by atoms with Crippen LogP contribution in [0.2, 0.25) is 0 Å². The van der Waals surface area contributed by atoms with E-state index < -0.39 is 10.0 Å². The second-order valence-electron chi connectivity index (χ2n) is 3.14. The molecule has 7 nitrogen and oxygen atoms in total. The van der Waals surface area contributed by atoms with E-state index in [4.69, 9.17) is 0 Å². The lowest BCUT2D eigenvalue weighted by Crippen LogP contribution is -2.23. The predicted molar refractivity (Wildman–Crippen MR) is 56.4 cm³/mol. The maximum Gasteiger partial charge on any atom is 0.244 e. The number of hydrogen-bond acceptors (Lipinski definition) is 6. The minimum atomic E-state index is -3.79. The molecule has 1 aromatic carbocycles. The van der Waals surface area contributed by atoms with Gasteiger partial charge in [-0.05, 0) is 12.1 Å². The van der Waals surface area contributed by atoms with Crippen LogP contribution in [0.1, 0.15) is 5.82 Å². The highest BCUT2D eigenvalue weighted by Gasteiger charge is 2.18. The highest BCUT2D eigenvalue weighted by Crippen LogP contribution is 2.20. The molecule has 2 rings (SSSR count). The third-order valence-electron chi connectivity index (χ3n) is 1.98. The molecule has 0 bridgehead atoms. The molecule has 0 aliphatic rings. The van der Waals surface area contributed by atoms with Gasteiger partial charge in [0.15, 0.2) is 5.82 Å². The van der Waals surface area contributed by atoms with Crippen molar-refractivity contribution in [1.29, 1.82) is 0 Å². The van der Waals surface area contributed by atoms with E-state index in [-0.39, 0.29) is 23.0 Å². The smallest absolute Gasteiger partial charge is 0.244 e. The summed E-state index contributed by atoms with van der Waals surface area (Å²) >= 11 is 0. The van der Waals surface area contributed by atoms with Crippen molar-refractivity contribution >= 4 is 10.0 Å². The third-order valence-corrected chi connectivity index (χ3v) is 3.43. The van der Waals surface area contributed by atoms with Crippen molar-refractivity contribution in [1.82, 2.24) is 14.9 Å². The fourth-order valence-corrected chi connectivity index (χ4v) is 2.27. The van der Waals surface area contributed by atoms with Crippen LogP contribution in [0.25, 0.3) is 0 Å². The number of phenols is 1. The van der Waals surface area contributed by atoms with E-state index in [9.17, 15) is 13.5 Å². The molecule has 2 N–H and O–H groups in total. The maximum absolute atomic E-state index is 11.8. The number of nitrogens with one attached hydrogen (secondary N) is 1. The topological polar surface area (TPSA) is 105 Å². The molecule has 1 aromatic heterocycles. The van der Waals surface area contributed by atoms with E-state index in [1.54, 1.807) is 0 Å². The Hall–Kier alpha value is -1.93. The minimum absolute atomic E-state index is 0.104. The molecule has 0 fully saturated rings. The molecule has 0 amide bonds. The molecule has 0 atom stereocenters. The zero-order chi connectivity index (χ0) is 12.3. The van der Waals surface area contributed by atoms with Crippen molar-refractivity contribution in [2.75, 3.05) is 0 Å². The van der Waals surface area contributed by atoms with Gasteiger partial charge in [0.25, 0.3) is 0 Å². The van der Waals surface area contributed by atoms with Crippen molar-refractivity contribution in [3.05, 3.63) is 36.5 Å². The molecule has 0 spiro atoms. The molecule has 17 heavy (non-hydrogen) atoms. The first-order valence-corrected chi connectivity index (χ1v) is 6.11. The molecule has 0 saturated heterocycles. The van der Waals surface area contributed by atoms with Gasteiger partial charge in [-0.3, -0.25) is 0 Å². The first-order valence-electron chi connectivity index (χ1n) is 4.62. The largest absolute Gasteiger partial charge is 0.507 e. The summed E-state index contributed by atoms with van der Waals surface area (Å²) in [7, 11) is -3.79. The zero-order valence-corrected chi connectivity index (χ0v) is 9.38. The van der Waals surface area contributed by atoms with Gasteiger partial charge in [-0.2, -0.15) is 4.98 Å². The highest BCUT2D eigenvalue weighted by atomic mass is 32.2. The van der Waals surface area contributed by atoms with Crippen LogP contribution in [0.15, 0.2) is 40.1 Å². The average Bonchev–Trinajstić information content (AvgIpc) is 2.80. The van der Waals surface area contributed by atoms with Gasteiger partial charge in [-0.1, -0.05) is 17.3 Å². The first-order chi connectivity index (χ1) is 8.09. The second-order valence-corrected chi connectivity index (χ2v) is 4.88. The van der Waals surface area contributed by atoms with Gasteiger partial charge in [0, 0.05) is 0 Å². The number of rotatable bonds is 4. The Labute approximate surface area is 97.1 Å². The second kappa shape index (κ2) is 4.52. The Morgan fingerprint density at radius 2 is 2.12 bits per heavy atom. The Morgan fingerprint density at radius 3 is 2.76 bits per heavy atom. The van der Waals surface area contributed by atoms with Gasteiger partial charge in [-0.15, -0.1) is 0 Å². The quantitative estimate of drug-likeness (QED) is 0.811. The standard InChI is InChI=1S/C9H9N3O4S/c13-7-3-1-2-4-8(7)17(14,15)11-5-9-10-6-16-12-9/h1-4,6,11,13H,5H2. The van der Waals surface area contributed by atoms with E-state index in [0.29, 0.717) is 0 Å². The number of benzene rings is 1. The maximum atomic E-state index is 11.8. The number of nitrogens with zero attached hydrogens (tertiary/aromatic N) is 2. The van der Waals surface area contributed by atoms with Crippen molar-refractivity contribution in [2.24, 2.45) is 0 Å². The van der Waals surface area contributed by atoms with Crippen LogP contribution < -0.4 is 4.72 Å². The van der Waals surface area contributed by atoms with Crippen LogP contribution in [0.3, 0.4) is 0 Å². The highest BCUT2D eigenvalue weighted by molar-refractivity contribution is 7.89. The zero-order valence-electron chi connectivity index (χ0n) is 8.57. The molecule has 2 aromatic rings. The number of phenolic OH excluding ortho intramolecular Hbond substituents is 1. The number of aromatic hydroxyl groups is 1. The van der Waals surface area contributed by atoms with Crippen molar-refractivity contribution in [3.8, 4) is 5.75 Å². The van der Waals surface area contributed by atoms with Crippen LogP contribution in [-0.4, -0.2) is 23.7 Å². The van der Waals surface area contributed by atoms with Crippen LogP contribution in [0.5, 0.6) is 5.75 Å². The molecule has 0 saturated carbocycles. The molecule has 90 valence electrons. The minimum Gasteiger partial charge on any atom is -0.507 e. The van der Waals surface area contributed by atoms with Gasteiger partial charge < -0.3 is 9.63 Å². The monoisotopic (exact) mass is 255 g/mol. The summed E-state index contributed by atoms with van der Waals surface area (Å²) in [6.07, 6.45) is 1.10.